The van der Waals surface area contributed by atoms with Crippen LogP contribution in [0.1, 0.15) is 24.1 Å². The highest BCUT2D eigenvalue weighted by atomic mass is 16.5. The molecular formula is C15H21N3O2. The fourth-order valence-corrected chi connectivity index (χ4v) is 1.94. The first-order valence-electron chi connectivity index (χ1n) is 6.97. The summed E-state index contributed by atoms with van der Waals surface area (Å²) in [4.78, 5) is 0. The third-order valence-corrected chi connectivity index (χ3v) is 2.97. The van der Waals surface area contributed by atoms with Gasteiger partial charge in [-0.15, -0.1) is 5.10 Å². The molecule has 0 atom stereocenters. The molecule has 1 aromatic carbocycles. The van der Waals surface area contributed by atoms with Gasteiger partial charge in [-0.2, -0.15) is 0 Å². The molecule has 0 unspecified atom stereocenters. The van der Waals surface area contributed by atoms with E-state index in [0.29, 0.717) is 6.61 Å². The molecule has 0 aliphatic carbocycles. The first-order chi connectivity index (χ1) is 9.78. The number of aliphatic hydroxyl groups is 1. The molecule has 0 saturated carbocycles. The van der Waals surface area contributed by atoms with Crippen LogP contribution in [0, 0.1) is 6.92 Å². The van der Waals surface area contributed by atoms with Crippen LogP contribution in [0.3, 0.4) is 0 Å². The van der Waals surface area contributed by atoms with Crippen molar-refractivity contribution in [3.05, 3.63) is 41.7 Å². The van der Waals surface area contributed by atoms with Gasteiger partial charge < -0.3 is 9.84 Å². The van der Waals surface area contributed by atoms with E-state index in [-0.39, 0.29) is 6.61 Å². The van der Waals surface area contributed by atoms with Crippen LogP contribution in [0.25, 0.3) is 0 Å². The number of aliphatic hydroxyl groups excluding tert-OH is 1. The molecule has 0 fully saturated rings. The van der Waals surface area contributed by atoms with Gasteiger partial charge in [-0.25, -0.2) is 0 Å². The largest absolute Gasteiger partial charge is 0.494 e. The molecule has 1 heterocycles. The quantitative estimate of drug-likeness (QED) is 0.748. The van der Waals surface area contributed by atoms with Gasteiger partial charge >= 0.3 is 0 Å². The predicted octanol–water partition coefficient (Wildman–Crippen LogP) is 1.98. The van der Waals surface area contributed by atoms with E-state index < -0.39 is 0 Å². The Morgan fingerprint density at radius 2 is 2.20 bits per heavy atom. The average molecular weight is 275 g/mol. The lowest BCUT2D eigenvalue weighted by atomic mass is 10.2. The fourth-order valence-electron chi connectivity index (χ4n) is 1.94. The summed E-state index contributed by atoms with van der Waals surface area (Å²) in [7, 11) is 0. The van der Waals surface area contributed by atoms with E-state index in [1.807, 2.05) is 29.1 Å². The zero-order valence-corrected chi connectivity index (χ0v) is 11.8. The van der Waals surface area contributed by atoms with Crippen molar-refractivity contribution in [2.75, 3.05) is 13.2 Å². The maximum atomic E-state index is 8.76. The van der Waals surface area contributed by atoms with Gasteiger partial charge in [0.2, 0.25) is 0 Å². The van der Waals surface area contributed by atoms with E-state index in [0.717, 1.165) is 37.3 Å². The number of ether oxygens (including phenoxy) is 1. The lowest BCUT2D eigenvalue weighted by Crippen LogP contribution is -2.05. The van der Waals surface area contributed by atoms with Gasteiger partial charge in [0.05, 0.1) is 12.3 Å². The minimum Gasteiger partial charge on any atom is -0.494 e. The summed E-state index contributed by atoms with van der Waals surface area (Å²) in [5, 5.41) is 16.9. The van der Waals surface area contributed by atoms with Crippen molar-refractivity contribution in [1.29, 1.82) is 0 Å². The molecule has 2 aromatic rings. The third kappa shape index (κ3) is 4.66. The Kier molecular flexibility index (Phi) is 5.55. The van der Waals surface area contributed by atoms with E-state index in [4.69, 9.17) is 9.84 Å². The van der Waals surface area contributed by atoms with Gasteiger partial charge in [-0.05, 0) is 37.5 Å². The van der Waals surface area contributed by atoms with Crippen LogP contribution in [-0.4, -0.2) is 33.3 Å². The maximum Gasteiger partial charge on any atom is 0.119 e. The van der Waals surface area contributed by atoms with Crippen molar-refractivity contribution in [1.82, 2.24) is 15.0 Å². The minimum absolute atomic E-state index is 0.192. The van der Waals surface area contributed by atoms with Crippen molar-refractivity contribution >= 4 is 0 Å². The van der Waals surface area contributed by atoms with Gasteiger partial charge in [0.15, 0.2) is 0 Å². The molecule has 1 aromatic heterocycles. The number of aromatic nitrogens is 3. The lowest BCUT2D eigenvalue weighted by molar-refractivity contribution is 0.288. The van der Waals surface area contributed by atoms with E-state index >= 15 is 0 Å². The minimum atomic E-state index is 0.192. The number of hydrogen-bond acceptors (Lipinski definition) is 4. The second kappa shape index (κ2) is 7.65. The number of nitrogens with zero attached hydrogens (tertiary/aromatic N) is 3. The molecule has 0 bridgehead atoms. The maximum absolute atomic E-state index is 8.76. The second-order valence-electron chi connectivity index (χ2n) is 4.82. The first-order valence-corrected chi connectivity index (χ1v) is 6.97. The summed E-state index contributed by atoms with van der Waals surface area (Å²) < 4.78 is 7.51. The highest BCUT2D eigenvalue weighted by Gasteiger charge is 2.00. The SMILES string of the molecule is Cc1cccc(OCCCn2cc(CCCO)nn2)c1. The number of benzene rings is 1. The Morgan fingerprint density at radius 3 is 3.00 bits per heavy atom. The van der Waals surface area contributed by atoms with Crippen molar-refractivity contribution < 1.29 is 9.84 Å². The molecule has 20 heavy (non-hydrogen) atoms. The first kappa shape index (κ1) is 14.5. The molecule has 0 aliphatic heterocycles. The Bertz CT molecular complexity index is 525. The van der Waals surface area contributed by atoms with Gasteiger partial charge in [0.25, 0.3) is 0 Å². The second-order valence-corrected chi connectivity index (χ2v) is 4.82. The van der Waals surface area contributed by atoms with Crippen LogP contribution in [-0.2, 0) is 13.0 Å². The van der Waals surface area contributed by atoms with Crippen LogP contribution in [0.15, 0.2) is 30.5 Å². The van der Waals surface area contributed by atoms with Gasteiger partial charge in [-0.3, -0.25) is 4.68 Å². The number of aryl methyl sites for hydroxylation is 3. The molecule has 0 amide bonds. The van der Waals surface area contributed by atoms with Crippen molar-refractivity contribution in [2.24, 2.45) is 0 Å². The van der Waals surface area contributed by atoms with Crippen molar-refractivity contribution in [3.63, 3.8) is 0 Å². The highest BCUT2D eigenvalue weighted by molar-refractivity contribution is 5.27. The summed E-state index contributed by atoms with van der Waals surface area (Å²) in [6, 6.07) is 8.05. The van der Waals surface area contributed by atoms with Crippen molar-refractivity contribution in [2.45, 2.75) is 32.7 Å². The lowest BCUT2D eigenvalue weighted by Gasteiger charge is -2.06. The Balaban J connectivity index is 1.69. The molecule has 0 saturated heterocycles. The van der Waals surface area contributed by atoms with Crippen LogP contribution >= 0.6 is 0 Å². The smallest absolute Gasteiger partial charge is 0.119 e. The summed E-state index contributed by atoms with van der Waals surface area (Å²) in [5.41, 5.74) is 2.13. The predicted molar refractivity (Wildman–Crippen MR) is 76.7 cm³/mol. The molecule has 0 aliphatic rings. The average Bonchev–Trinajstić information content (AvgIpc) is 2.89. The molecule has 108 valence electrons. The zero-order chi connectivity index (χ0) is 14.2. The summed E-state index contributed by atoms with van der Waals surface area (Å²) in [6.45, 7) is 3.70. The summed E-state index contributed by atoms with van der Waals surface area (Å²) in [6.07, 6.45) is 4.32. The van der Waals surface area contributed by atoms with Crippen molar-refractivity contribution in [3.8, 4) is 5.75 Å². The number of hydrogen-bond donors (Lipinski definition) is 1. The van der Waals surface area contributed by atoms with Gasteiger partial charge in [0, 0.05) is 25.8 Å². The molecular weight excluding hydrogens is 254 g/mol. The van der Waals surface area contributed by atoms with E-state index in [2.05, 4.69) is 23.3 Å². The fraction of sp³-hybridized carbons (Fsp3) is 0.467. The van der Waals surface area contributed by atoms with Crippen LogP contribution < -0.4 is 4.74 Å². The van der Waals surface area contributed by atoms with Crippen LogP contribution in [0.2, 0.25) is 0 Å². The molecule has 5 nitrogen and oxygen atoms in total. The molecule has 0 spiro atoms. The number of rotatable bonds is 8. The van der Waals surface area contributed by atoms with E-state index in [9.17, 15) is 0 Å². The normalized spacial score (nSPS) is 10.7. The van der Waals surface area contributed by atoms with E-state index in [1.165, 1.54) is 5.56 Å². The summed E-state index contributed by atoms with van der Waals surface area (Å²) in [5.74, 6) is 0.909. The topological polar surface area (TPSA) is 60.2 Å². The molecule has 2 rings (SSSR count). The summed E-state index contributed by atoms with van der Waals surface area (Å²) >= 11 is 0. The standard InChI is InChI=1S/C15H21N3O2/c1-13-5-2-7-15(11-13)20-10-4-8-18-12-14(16-17-18)6-3-9-19/h2,5,7,11-12,19H,3-4,6,8-10H2,1H3. The van der Waals surface area contributed by atoms with E-state index in [1.54, 1.807) is 0 Å². The molecule has 5 heteroatoms. The van der Waals surface area contributed by atoms with Gasteiger partial charge in [-0.1, -0.05) is 17.3 Å². The van der Waals surface area contributed by atoms with Crippen LogP contribution in [0.5, 0.6) is 5.75 Å². The Hall–Kier alpha value is -1.88. The zero-order valence-electron chi connectivity index (χ0n) is 11.8. The molecule has 1 N–H and O–H groups in total. The van der Waals surface area contributed by atoms with Gasteiger partial charge in [0.1, 0.15) is 5.75 Å². The molecule has 0 radical (unpaired) electrons. The monoisotopic (exact) mass is 275 g/mol. The van der Waals surface area contributed by atoms with Crippen LogP contribution in [0.4, 0.5) is 0 Å². The third-order valence-electron chi connectivity index (χ3n) is 2.97. The highest BCUT2D eigenvalue weighted by Crippen LogP contribution is 2.12. The Labute approximate surface area is 119 Å². The Morgan fingerprint density at radius 1 is 1.30 bits per heavy atom.